The molecule has 0 bridgehead atoms. The largest absolute Gasteiger partial charge is 0.0683 e. The van der Waals surface area contributed by atoms with Crippen molar-refractivity contribution in [2.75, 3.05) is 0 Å². The fourth-order valence-electron chi connectivity index (χ4n) is 9.34. The van der Waals surface area contributed by atoms with Crippen molar-refractivity contribution in [3.63, 3.8) is 0 Å². The minimum Gasteiger partial charge on any atom is -0.0683 e. The van der Waals surface area contributed by atoms with E-state index < -0.39 is 0 Å². The van der Waals surface area contributed by atoms with Gasteiger partial charge in [0.2, 0.25) is 0 Å². The fourth-order valence-corrected chi connectivity index (χ4v) is 9.34. The first-order chi connectivity index (χ1) is 26.1. The highest BCUT2D eigenvalue weighted by atomic mass is 14.4. The van der Waals surface area contributed by atoms with Crippen LogP contribution >= 0.6 is 0 Å². The predicted octanol–water partition coefficient (Wildman–Crippen LogP) is 17.9. The molecular formula is C55H92. The molecule has 55 heavy (non-hydrogen) atoms. The van der Waals surface area contributed by atoms with Crippen LogP contribution in [0.2, 0.25) is 0 Å². The van der Waals surface area contributed by atoms with Gasteiger partial charge in [-0.05, 0) is 122 Å². The maximum absolute atomic E-state index is 2.46. The minimum atomic E-state index is 0.586. The van der Waals surface area contributed by atoms with Gasteiger partial charge in [-0.3, -0.25) is 0 Å². The van der Waals surface area contributed by atoms with Crippen LogP contribution in [0.25, 0.3) is 0 Å². The second kappa shape index (κ2) is 27.3. The van der Waals surface area contributed by atoms with Gasteiger partial charge in [0, 0.05) is 0 Å². The summed E-state index contributed by atoms with van der Waals surface area (Å²) in [6, 6.07) is 25.9. The van der Waals surface area contributed by atoms with Gasteiger partial charge in [0.25, 0.3) is 0 Å². The Hall–Kier alpha value is -2.34. The molecule has 0 aliphatic heterocycles. The monoisotopic (exact) mass is 753 g/mol. The first kappa shape index (κ1) is 50.7. The van der Waals surface area contributed by atoms with Crippen molar-refractivity contribution < 1.29 is 0 Å². The molecule has 0 radical (unpaired) electrons. The molecule has 3 fully saturated rings. The smallest absolute Gasteiger partial charge is 0.00258 e. The van der Waals surface area contributed by atoms with Crippen LogP contribution in [-0.4, -0.2) is 0 Å². The number of hydrogen-bond donors (Lipinski definition) is 0. The van der Waals surface area contributed by atoms with Gasteiger partial charge in [0.1, 0.15) is 0 Å². The molecule has 3 saturated carbocycles. The molecule has 2 unspecified atom stereocenters. The number of hydrogen-bond acceptors (Lipinski definition) is 0. The van der Waals surface area contributed by atoms with Gasteiger partial charge in [-0.15, -0.1) is 0 Å². The molecule has 312 valence electrons. The zero-order chi connectivity index (χ0) is 41.4. The zero-order valence-electron chi connectivity index (χ0n) is 39.4. The van der Waals surface area contributed by atoms with Gasteiger partial charge in [0.15, 0.2) is 0 Å². The van der Waals surface area contributed by atoms with Crippen LogP contribution in [-0.2, 0) is 6.42 Å². The van der Waals surface area contributed by atoms with Gasteiger partial charge >= 0.3 is 0 Å². The summed E-state index contributed by atoms with van der Waals surface area (Å²) in [5.41, 5.74) is 9.35. The summed E-state index contributed by atoms with van der Waals surface area (Å²) < 4.78 is 0. The van der Waals surface area contributed by atoms with Crippen LogP contribution in [0, 0.1) is 68.1 Å². The standard InChI is InChI=1S/C15H28.C15H16.C12H24.C8H10.C3H8.C2H6/c2*1-12-3-7-14(8-4-12)11-15-9-5-13(2)6-10-15;1-6-12(5)8-10(2)7-11(3,4)9-12;1-7-5-3-4-6-8(7)2;1-3-2;1-2/h12-15H,3-11H2,1-2H3;3-10H,11H2,1-2H3;10H,6-9H2,1-5H3;3-6H,1-2H3;3H2,1-2H3;1-2H3. The maximum Gasteiger partial charge on any atom is -0.00258 e. The van der Waals surface area contributed by atoms with E-state index in [0.29, 0.717) is 10.8 Å². The van der Waals surface area contributed by atoms with Crippen LogP contribution < -0.4 is 0 Å². The Morgan fingerprint density at radius 2 is 0.873 bits per heavy atom. The Bertz CT molecular complexity index is 1260. The predicted molar refractivity (Wildman–Crippen MR) is 250 cm³/mol. The SMILES string of the molecule is CC.CC1CCC(CC2CCC(C)CC2)CC1.CCC.CCC1(C)CC(C)CC(C)(C)C1.Cc1ccc(Cc2ccc(C)cc2)cc1.Cc1ccccc1C. The van der Waals surface area contributed by atoms with Crippen molar-refractivity contribution in [1.82, 2.24) is 0 Å². The van der Waals surface area contributed by atoms with Gasteiger partial charge in [-0.1, -0.05) is 224 Å². The Kier molecular flexibility index (Phi) is 25.2. The third-order valence-electron chi connectivity index (χ3n) is 12.5. The zero-order valence-corrected chi connectivity index (χ0v) is 39.4. The van der Waals surface area contributed by atoms with E-state index in [9.17, 15) is 0 Å². The second-order valence-electron chi connectivity index (χ2n) is 19.4. The first-order valence-corrected chi connectivity index (χ1v) is 23.2. The summed E-state index contributed by atoms with van der Waals surface area (Å²) in [6.07, 6.45) is 21.6. The fraction of sp³-hybridized carbons (Fsp3) is 0.673. The molecule has 0 spiro atoms. The molecule has 0 nitrogen and oxygen atoms in total. The Balaban J connectivity index is 0.000000359. The molecule has 3 aromatic rings. The van der Waals surface area contributed by atoms with E-state index in [4.69, 9.17) is 0 Å². The molecule has 0 N–H and O–H groups in total. The number of rotatable bonds is 5. The van der Waals surface area contributed by atoms with Gasteiger partial charge < -0.3 is 0 Å². The summed E-state index contributed by atoms with van der Waals surface area (Å²) in [5, 5.41) is 0. The molecule has 3 aliphatic carbocycles. The van der Waals surface area contributed by atoms with Gasteiger partial charge in [0.05, 0.1) is 0 Å². The van der Waals surface area contributed by atoms with Crippen LogP contribution in [0.5, 0.6) is 0 Å². The molecule has 6 rings (SSSR count). The van der Waals surface area contributed by atoms with E-state index in [1.54, 1.807) is 6.42 Å². The maximum atomic E-state index is 2.46. The van der Waals surface area contributed by atoms with E-state index in [0.717, 1.165) is 36.0 Å². The quantitative estimate of drug-likeness (QED) is 0.243. The normalized spacial score (nSPS) is 25.3. The van der Waals surface area contributed by atoms with Gasteiger partial charge in [-0.25, -0.2) is 0 Å². The summed E-state index contributed by atoms with van der Waals surface area (Å²) in [4.78, 5) is 0. The van der Waals surface area contributed by atoms with Crippen LogP contribution in [0.3, 0.4) is 0 Å². The third-order valence-corrected chi connectivity index (χ3v) is 12.5. The lowest BCUT2D eigenvalue weighted by Crippen LogP contribution is -2.34. The lowest BCUT2D eigenvalue weighted by molar-refractivity contribution is 0.0582. The highest BCUT2D eigenvalue weighted by Crippen LogP contribution is 2.50. The molecule has 0 heterocycles. The van der Waals surface area contributed by atoms with Gasteiger partial charge in [-0.2, -0.15) is 0 Å². The Morgan fingerprint density at radius 3 is 1.18 bits per heavy atom. The van der Waals surface area contributed by atoms with E-state index in [-0.39, 0.29) is 0 Å². The summed E-state index contributed by atoms with van der Waals surface area (Å²) in [5.74, 6) is 5.16. The molecule has 2 atom stereocenters. The van der Waals surface area contributed by atoms with E-state index >= 15 is 0 Å². The van der Waals surface area contributed by atoms with Crippen molar-refractivity contribution in [1.29, 1.82) is 0 Å². The first-order valence-electron chi connectivity index (χ1n) is 23.2. The average Bonchev–Trinajstić information content (AvgIpc) is 3.14. The van der Waals surface area contributed by atoms with Crippen molar-refractivity contribution in [3.8, 4) is 0 Å². The van der Waals surface area contributed by atoms with E-state index in [1.807, 2.05) is 13.8 Å². The highest BCUT2D eigenvalue weighted by Gasteiger charge is 2.38. The molecular weight excluding hydrogens is 661 g/mol. The van der Waals surface area contributed by atoms with Crippen LogP contribution in [0.1, 0.15) is 199 Å². The van der Waals surface area contributed by atoms with Crippen molar-refractivity contribution in [3.05, 3.63) is 106 Å². The Labute approximate surface area is 345 Å². The topological polar surface area (TPSA) is 0 Å². The Morgan fingerprint density at radius 1 is 0.509 bits per heavy atom. The number of benzene rings is 3. The van der Waals surface area contributed by atoms with E-state index in [2.05, 4.69) is 163 Å². The molecule has 3 aliphatic rings. The summed E-state index contributed by atoms with van der Waals surface area (Å²) >= 11 is 0. The average molecular weight is 753 g/mol. The van der Waals surface area contributed by atoms with Crippen LogP contribution in [0.4, 0.5) is 0 Å². The lowest BCUT2D eigenvalue weighted by Gasteiger charge is -2.45. The molecule has 0 amide bonds. The molecule has 0 heteroatoms. The highest BCUT2D eigenvalue weighted by molar-refractivity contribution is 5.29. The number of aryl methyl sites for hydroxylation is 4. The molecule has 0 aromatic heterocycles. The molecule has 3 aromatic carbocycles. The second-order valence-corrected chi connectivity index (χ2v) is 19.4. The van der Waals surface area contributed by atoms with Crippen molar-refractivity contribution in [2.24, 2.45) is 40.4 Å². The summed E-state index contributed by atoms with van der Waals surface area (Å²) in [7, 11) is 0. The lowest BCUT2D eigenvalue weighted by atomic mass is 9.60. The third kappa shape index (κ3) is 22.3. The van der Waals surface area contributed by atoms with Crippen LogP contribution in [0.15, 0.2) is 72.8 Å². The van der Waals surface area contributed by atoms with Crippen molar-refractivity contribution >= 4 is 0 Å². The van der Waals surface area contributed by atoms with E-state index in [1.165, 1.54) is 117 Å². The van der Waals surface area contributed by atoms with Crippen molar-refractivity contribution in [2.45, 2.75) is 200 Å². The molecule has 0 saturated heterocycles. The summed E-state index contributed by atoms with van der Waals surface area (Å²) in [6.45, 7) is 33.7. The minimum absolute atomic E-state index is 0.586.